The summed E-state index contributed by atoms with van der Waals surface area (Å²) >= 11 is 0. The van der Waals surface area contributed by atoms with Crippen LogP contribution in [0.1, 0.15) is 95.1 Å². The second-order valence-corrected chi connectivity index (χ2v) is 8.24. The monoisotopic (exact) mass is 444 g/mol. The second-order valence-electron chi connectivity index (χ2n) is 8.24. The number of hydrogen-bond donors (Lipinski definition) is 1. The zero-order chi connectivity index (χ0) is 24.3. The van der Waals surface area contributed by atoms with Crippen LogP contribution in [0.3, 0.4) is 0 Å². The third kappa shape index (κ3) is 9.08. The smallest absolute Gasteiger partial charge is 0.339 e. The molecule has 1 rings (SSSR count). The molecular formula is C26H36O6. The standard InChI is InChI=1S/C26H36O6/c1-7-8-9-13-21-16-23(31-19(5)27)22(15-14-18(4)12-10-11-17(2)3)25(32-20(6)28)24(21)26(29)30/h11,14,16H,7-10,12-13,15H2,1-6H3,(H,29,30). The Kier molecular flexibility index (Phi) is 11.5. The zero-order valence-electron chi connectivity index (χ0n) is 20.2. The van der Waals surface area contributed by atoms with Gasteiger partial charge in [-0.05, 0) is 64.5 Å². The predicted molar refractivity (Wildman–Crippen MR) is 125 cm³/mol. The summed E-state index contributed by atoms with van der Waals surface area (Å²) in [5.74, 6) is -2.13. The van der Waals surface area contributed by atoms with Crippen molar-refractivity contribution >= 4 is 17.9 Å². The van der Waals surface area contributed by atoms with Crippen molar-refractivity contribution in [3.8, 4) is 11.5 Å². The van der Waals surface area contributed by atoms with Gasteiger partial charge < -0.3 is 14.6 Å². The van der Waals surface area contributed by atoms with E-state index in [4.69, 9.17) is 9.47 Å². The van der Waals surface area contributed by atoms with Gasteiger partial charge in [-0.25, -0.2) is 4.79 Å². The van der Waals surface area contributed by atoms with Crippen LogP contribution in [0.25, 0.3) is 0 Å². The maximum Gasteiger partial charge on any atom is 0.339 e. The number of aryl methyl sites for hydroxylation is 1. The fraction of sp³-hybridized carbons (Fsp3) is 0.500. The highest BCUT2D eigenvalue weighted by molar-refractivity contribution is 5.95. The van der Waals surface area contributed by atoms with Crippen LogP contribution in [0.15, 0.2) is 29.4 Å². The molecule has 0 saturated carbocycles. The summed E-state index contributed by atoms with van der Waals surface area (Å²) in [6.07, 6.45) is 9.30. The Balaban J connectivity index is 3.55. The molecular weight excluding hydrogens is 408 g/mol. The highest BCUT2D eigenvalue weighted by atomic mass is 16.5. The summed E-state index contributed by atoms with van der Waals surface area (Å²) < 4.78 is 10.8. The van der Waals surface area contributed by atoms with E-state index in [1.807, 2.05) is 26.8 Å². The molecule has 1 N–H and O–H groups in total. The molecule has 0 bridgehead atoms. The van der Waals surface area contributed by atoms with Crippen molar-refractivity contribution in [1.82, 2.24) is 0 Å². The number of carboxylic acids is 1. The van der Waals surface area contributed by atoms with Crippen LogP contribution in [-0.4, -0.2) is 23.0 Å². The van der Waals surface area contributed by atoms with E-state index in [0.717, 1.165) is 37.7 Å². The molecule has 0 amide bonds. The van der Waals surface area contributed by atoms with Gasteiger partial charge in [-0.1, -0.05) is 43.1 Å². The first kappa shape index (κ1) is 27.1. The Morgan fingerprint density at radius 2 is 1.62 bits per heavy atom. The van der Waals surface area contributed by atoms with Crippen molar-refractivity contribution < 1.29 is 29.0 Å². The predicted octanol–water partition coefficient (Wildman–Crippen LogP) is 6.20. The molecule has 6 nitrogen and oxygen atoms in total. The van der Waals surface area contributed by atoms with Crippen LogP contribution >= 0.6 is 0 Å². The normalized spacial score (nSPS) is 11.1. The summed E-state index contributed by atoms with van der Waals surface area (Å²) in [6, 6.07) is 1.61. The van der Waals surface area contributed by atoms with Gasteiger partial charge in [-0.15, -0.1) is 0 Å². The van der Waals surface area contributed by atoms with E-state index < -0.39 is 17.9 Å². The fourth-order valence-corrected chi connectivity index (χ4v) is 3.39. The van der Waals surface area contributed by atoms with Crippen molar-refractivity contribution in [3.05, 3.63) is 46.1 Å². The van der Waals surface area contributed by atoms with Crippen LogP contribution in [0.5, 0.6) is 11.5 Å². The molecule has 1 aromatic rings. The Labute approximate surface area is 191 Å². The SMILES string of the molecule is CCCCCc1cc(OC(C)=O)c(CC=C(C)CCC=C(C)C)c(OC(C)=O)c1C(=O)O. The molecule has 0 atom stereocenters. The molecule has 1 aromatic carbocycles. The van der Waals surface area contributed by atoms with Crippen LogP contribution < -0.4 is 9.47 Å². The molecule has 0 spiro atoms. The molecule has 0 unspecified atom stereocenters. The minimum absolute atomic E-state index is 0.0383. The van der Waals surface area contributed by atoms with Crippen molar-refractivity contribution in [2.45, 2.75) is 86.5 Å². The zero-order valence-corrected chi connectivity index (χ0v) is 20.2. The van der Waals surface area contributed by atoms with Crippen molar-refractivity contribution in [2.24, 2.45) is 0 Å². The number of carbonyl (C=O) groups is 3. The maximum atomic E-state index is 12.2. The first-order valence-corrected chi connectivity index (χ1v) is 11.1. The lowest BCUT2D eigenvalue weighted by atomic mass is 9.94. The lowest BCUT2D eigenvalue weighted by molar-refractivity contribution is -0.132. The van der Waals surface area contributed by atoms with Gasteiger partial charge in [0.25, 0.3) is 0 Å². The number of allylic oxidation sites excluding steroid dienone is 4. The van der Waals surface area contributed by atoms with E-state index in [2.05, 4.69) is 13.0 Å². The van der Waals surface area contributed by atoms with E-state index in [1.54, 1.807) is 6.07 Å². The number of ether oxygens (including phenoxy) is 2. The third-order valence-electron chi connectivity index (χ3n) is 4.93. The molecule has 0 aromatic heterocycles. The Morgan fingerprint density at radius 1 is 0.969 bits per heavy atom. The van der Waals surface area contributed by atoms with Gasteiger partial charge in [0.1, 0.15) is 11.3 Å². The number of carbonyl (C=O) groups excluding carboxylic acids is 2. The number of rotatable bonds is 12. The van der Waals surface area contributed by atoms with Gasteiger partial charge in [-0.2, -0.15) is 0 Å². The van der Waals surface area contributed by atoms with Gasteiger partial charge in [0, 0.05) is 19.4 Å². The summed E-state index contributed by atoms with van der Waals surface area (Å²) in [4.78, 5) is 35.8. The van der Waals surface area contributed by atoms with Gasteiger partial charge in [-0.3, -0.25) is 9.59 Å². The van der Waals surface area contributed by atoms with E-state index in [1.165, 1.54) is 19.4 Å². The number of hydrogen-bond acceptors (Lipinski definition) is 5. The molecule has 0 aliphatic heterocycles. The Bertz CT molecular complexity index is 888. The van der Waals surface area contributed by atoms with Crippen LogP contribution in [0.2, 0.25) is 0 Å². The summed E-state index contributed by atoms with van der Waals surface area (Å²) in [6.45, 7) is 10.7. The van der Waals surface area contributed by atoms with E-state index >= 15 is 0 Å². The first-order chi connectivity index (χ1) is 15.1. The number of unbranched alkanes of at least 4 members (excludes halogenated alkanes) is 2. The van der Waals surface area contributed by atoms with Crippen LogP contribution in [-0.2, 0) is 22.4 Å². The molecule has 176 valence electrons. The number of benzene rings is 1. The highest BCUT2D eigenvalue weighted by Gasteiger charge is 2.26. The van der Waals surface area contributed by atoms with E-state index in [-0.39, 0.29) is 23.5 Å². The van der Waals surface area contributed by atoms with E-state index in [9.17, 15) is 19.5 Å². The minimum Gasteiger partial charge on any atom is -0.478 e. The molecule has 6 heteroatoms. The minimum atomic E-state index is -1.17. The number of carboxylic acid groups (broad SMARTS) is 1. The topological polar surface area (TPSA) is 89.9 Å². The lowest BCUT2D eigenvalue weighted by Gasteiger charge is -2.19. The Morgan fingerprint density at radius 3 is 2.16 bits per heavy atom. The second kappa shape index (κ2) is 13.5. The first-order valence-electron chi connectivity index (χ1n) is 11.1. The average Bonchev–Trinajstić information content (AvgIpc) is 2.66. The molecule has 0 heterocycles. The Hall–Kier alpha value is -2.89. The molecule has 32 heavy (non-hydrogen) atoms. The summed E-state index contributed by atoms with van der Waals surface area (Å²) in [5, 5.41) is 9.94. The highest BCUT2D eigenvalue weighted by Crippen LogP contribution is 2.37. The fourth-order valence-electron chi connectivity index (χ4n) is 3.39. The molecule has 0 aliphatic carbocycles. The average molecular weight is 445 g/mol. The summed E-state index contributed by atoms with van der Waals surface area (Å²) in [5.41, 5.74) is 3.18. The van der Waals surface area contributed by atoms with Crippen molar-refractivity contribution in [3.63, 3.8) is 0 Å². The molecule has 0 radical (unpaired) electrons. The van der Waals surface area contributed by atoms with Gasteiger partial charge in [0.2, 0.25) is 0 Å². The van der Waals surface area contributed by atoms with Crippen molar-refractivity contribution in [1.29, 1.82) is 0 Å². The van der Waals surface area contributed by atoms with Crippen LogP contribution in [0.4, 0.5) is 0 Å². The van der Waals surface area contributed by atoms with Gasteiger partial charge in [0.05, 0.1) is 0 Å². The lowest BCUT2D eigenvalue weighted by Crippen LogP contribution is -2.15. The number of esters is 2. The number of aromatic carboxylic acids is 1. The largest absolute Gasteiger partial charge is 0.478 e. The maximum absolute atomic E-state index is 12.2. The molecule has 0 saturated heterocycles. The molecule has 0 aliphatic rings. The molecule has 0 fully saturated rings. The third-order valence-corrected chi connectivity index (χ3v) is 4.93. The van der Waals surface area contributed by atoms with E-state index in [0.29, 0.717) is 17.5 Å². The van der Waals surface area contributed by atoms with Gasteiger partial charge >= 0.3 is 17.9 Å². The quantitative estimate of drug-likeness (QED) is 0.179. The van der Waals surface area contributed by atoms with Crippen LogP contribution in [0, 0.1) is 0 Å². The summed E-state index contributed by atoms with van der Waals surface area (Å²) in [7, 11) is 0. The van der Waals surface area contributed by atoms with Gasteiger partial charge in [0.15, 0.2) is 5.75 Å². The van der Waals surface area contributed by atoms with Crippen molar-refractivity contribution in [2.75, 3.05) is 0 Å².